The molecule has 3 aromatic carbocycles. The molecule has 0 aromatic heterocycles. The maximum Gasteiger partial charge on any atom is 0.343 e. The molecule has 0 aliphatic rings. The summed E-state index contributed by atoms with van der Waals surface area (Å²) in [6.45, 7) is 3.79. The standard InChI is InChI=1S/C26H25ClN2O6/c1-4-33-24-15-18(5-14-23(24)35-26(31)19-6-10-21(32-3)11-7-19)16-28-29-25(30)17(2)34-22-12-8-20(27)9-13-22/h5-17H,4H2,1-3H3,(H,29,30)/b28-16-/t17-/m0/s1. The largest absolute Gasteiger partial charge is 0.497 e. The predicted octanol–water partition coefficient (Wildman–Crippen LogP) is 4.88. The third-order valence-corrected chi connectivity index (χ3v) is 4.93. The lowest BCUT2D eigenvalue weighted by atomic mass is 10.2. The topological polar surface area (TPSA) is 95.5 Å². The number of hydrogen-bond donors (Lipinski definition) is 1. The van der Waals surface area contributed by atoms with Gasteiger partial charge in [0.05, 0.1) is 25.5 Å². The normalized spacial score (nSPS) is 11.5. The van der Waals surface area contributed by atoms with Crippen LogP contribution in [0.2, 0.25) is 5.02 Å². The first-order valence-corrected chi connectivity index (χ1v) is 11.2. The summed E-state index contributed by atoms with van der Waals surface area (Å²) >= 11 is 5.85. The molecule has 1 amide bonds. The molecular formula is C26H25ClN2O6. The first-order chi connectivity index (χ1) is 16.9. The fourth-order valence-corrected chi connectivity index (χ4v) is 3.00. The highest BCUT2D eigenvalue weighted by Crippen LogP contribution is 2.29. The Morgan fingerprint density at radius 1 is 1.00 bits per heavy atom. The van der Waals surface area contributed by atoms with E-state index in [1.165, 1.54) is 6.21 Å². The lowest BCUT2D eigenvalue weighted by molar-refractivity contribution is -0.127. The molecule has 3 aromatic rings. The van der Waals surface area contributed by atoms with Crippen LogP contribution >= 0.6 is 11.6 Å². The van der Waals surface area contributed by atoms with Crippen molar-refractivity contribution in [1.82, 2.24) is 5.43 Å². The van der Waals surface area contributed by atoms with Crippen molar-refractivity contribution in [1.29, 1.82) is 0 Å². The second-order valence-corrected chi connectivity index (χ2v) is 7.64. The number of methoxy groups -OCH3 is 1. The van der Waals surface area contributed by atoms with Gasteiger partial charge in [-0.3, -0.25) is 4.79 Å². The number of hydrazone groups is 1. The minimum atomic E-state index is -0.771. The van der Waals surface area contributed by atoms with Gasteiger partial charge in [0.1, 0.15) is 11.5 Å². The van der Waals surface area contributed by atoms with Gasteiger partial charge in [-0.2, -0.15) is 5.10 Å². The van der Waals surface area contributed by atoms with Gasteiger partial charge in [-0.25, -0.2) is 10.2 Å². The number of hydrogen-bond acceptors (Lipinski definition) is 7. The van der Waals surface area contributed by atoms with E-state index in [1.807, 2.05) is 6.92 Å². The van der Waals surface area contributed by atoms with E-state index in [1.54, 1.807) is 80.8 Å². The number of carbonyl (C=O) groups is 2. The average Bonchev–Trinajstić information content (AvgIpc) is 2.87. The number of ether oxygens (including phenoxy) is 4. The molecule has 182 valence electrons. The summed E-state index contributed by atoms with van der Waals surface area (Å²) in [5.74, 6) is 0.825. The Labute approximate surface area is 208 Å². The Balaban J connectivity index is 1.62. The predicted molar refractivity (Wildman–Crippen MR) is 133 cm³/mol. The molecule has 0 aliphatic heterocycles. The van der Waals surface area contributed by atoms with E-state index in [4.69, 9.17) is 30.5 Å². The molecule has 0 unspecified atom stereocenters. The molecule has 0 heterocycles. The van der Waals surface area contributed by atoms with Crippen molar-refractivity contribution in [2.24, 2.45) is 5.10 Å². The highest BCUT2D eigenvalue weighted by Gasteiger charge is 2.15. The van der Waals surface area contributed by atoms with Crippen LogP contribution in [0.4, 0.5) is 0 Å². The molecule has 0 radical (unpaired) electrons. The summed E-state index contributed by atoms with van der Waals surface area (Å²) < 4.78 is 21.8. The van der Waals surface area contributed by atoms with E-state index in [-0.39, 0.29) is 5.75 Å². The van der Waals surface area contributed by atoms with Gasteiger partial charge in [-0.15, -0.1) is 0 Å². The molecule has 8 nitrogen and oxygen atoms in total. The molecule has 0 bridgehead atoms. The Morgan fingerprint density at radius 3 is 2.34 bits per heavy atom. The van der Waals surface area contributed by atoms with E-state index < -0.39 is 18.0 Å². The molecule has 0 fully saturated rings. The van der Waals surface area contributed by atoms with Crippen LogP contribution in [-0.2, 0) is 4.79 Å². The zero-order valence-corrected chi connectivity index (χ0v) is 20.2. The van der Waals surface area contributed by atoms with Crippen molar-refractivity contribution in [2.75, 3.05) is 13.7 Å². The van der Waals surface area contributed by atoms with E-state index in [9.17, 15) is 9.59 Å². The Bertz CT molecular complexity index is 1180. The van der Waals surface area contributed by atoms with Gasteiger partial charge in [0.25, 0.3) is 5.91 Å². The minimum Gasteiger partial charge on any atom is -0.497 e. The summed E-state index contributed by atoms with van der Waals surface area (Å²) in [6, 6.07) is 18.2. The third-order valence-electron chi connectivity index (χ3n) is 4.68. The van der Waals surface area contributed by atoms with Crippen LogP contribution in [0.25, 0.3) is 0 Å². The number of benzene rings is 3. The van der Waals surface area contributed by atoms with Crippen molar-refractivity contribution in [3.8, 4) is 23.0 Å². The van der Waals surface area contributed by atoms with Crippen LogP contribution < -0.4 is 24.4 Å². The molecule has 0 saturated carbocycles. The maximum atomic E-state index is 12.5. The van der Waals surface area contributed by atoms with Gasteiger partial charge < -0.3 is 18.9 Å². The lowest BCUT2D eigenvalue weighted by Gasteiger charge is -2.13. The summed E-state index contributed by atoms with van der Waals surface area (Å²) in [6.07, 6.45) is 0.678. The summed E-state index contributed by atoms with van der Waals surface area (Å²) in [5, 5.41) is 4.55. The summed E-state index contributed by atoms with van der Waals surface area (Å²) in [7, 11) is 1.55. The van der Waals surface area contributed by atoms with Crippen LogP contribution in [0, 0.1) is 0 Å². The number of carbonyl (C=O) groups excluding carboxylic acids is 2. The monoisotopic (exact) mass is 496 g/mol. The SMILES string of the molecule is CCOc1cc(/C=N\NC(=O)[C@H](C)Oc2ccc(Cl)cc2)ccc1OC(=O)c1ccc(OC)cc1. The van der Waals surface area contributed by atoms with Gasteiger partial charge >= 0.3 is 5.97 Å². The molecule has 0 spiro atoms. The summed E-state index contributed by atoms with van der Waals surface area (Å²) in [4.78, 5) is 24.8. The zero-order valence-electron chi connectivity index (χ0n) is 19.5. The number of nitrogens with one attached hydrogen (secondary N) is 1. The van der Waals surface area contributed by atoms with Gasteiger partial charge in [-0.1, -0.05) is 11.6 Å². The van der Waals surface area contributed by atoms with Gasteiger partial charge in [-0.05, 0) is 86.1 Å². The number of esters is 1. The van der Waals surface area contributed by atoms with E-state index >= 15 is 0 Å². The molecule has 35 heavy (non-hydrogen) atoms. The van der Waals surface area contributed by atoms with E-state index in [0.717, 1.165) is 0 Å². The molecule has 9 heteroatoms. The van der Waals surface area contributed by atoms with Crippen molar-refractivity contribution >= 4 is 29.7 Å². The van der Waals surface area contributed by atoms with Gasteiger partial charge in [0, 0.05) is 5.02 Å². The Morgan fingerprint density at radius 2 is 1.69 bits per heavy atom. The van der Waals surface area contributed by atoms with Crippen LogP contribution in [0.1, 0.15) is 29.8 Å². The fraction of sp³-hybridized carbons (Fsp3) is 0.192. The van der Waals surface area contributed by atoms with Crippen molar-refractivity contribution < 1.29 is 28.5 Å². The van der Waals surface area contributed by atoms with Crippen LogP contribution in [-0.4, -0.2) is 37.9 Å². The second kappa shape index (κ2) is 12.4. The van der Waals surface area contributed by atoms with Crippen molar-refractivity contribution in [3.05, 3.63) is 82.9 Å². The molecule has 1 N–H and O–H groups in total. The average molecular weight is 497 g/mol. The molecule has 3 rings (SSSR count). The smallest absolute Gasteiger partial charge is 0.343 e. The molecule has 0 saturated heterocycles. The summed E-state index contributed by atoms with van der Waals surface area (Å²) in [5.41, 5.74) is 3.44. The molecule has 0 aliphatic carbocycles. The highest BCUT2D eigenvalue weighted by atomic mass is 35.5. The molecule has 1 atom stereocenters. The fourth-order valence-electron chi connectivity index (χ4n) is 2.88. The van der Waals surface area contributed by atoms with Gasteiger partial charge in [0.2, 0.25) is 0 Å². The Hall–Kier alpha value is -4.04. The number of amides is 1. The zero-order chi connectivity index (χ0) is 25.2. The van der Waals surface area contributed by atoms with Gasteiger partial charge in [0.15, 0.2) is 17.6 Å². The van der Waals surface area contributed by atoms with Crippen LogP contribution in [0.3, 0.4) is 0 Å². The van der Waals surface area contributed by atoms with Crippen molar-refractivity contribution in [2.45, 2.75) is 20.0 Å². The first-order valence-electron chi connectivity index (χ1n) is 10.8. The molecular weight excluding hydrogens is 472 g/mol. The lowest BCUT2D eigenvalue weighted by Crippen LogP contribution is -2.33. The maximum absolute atomic E-state index is 12.5. The van der Waals surface area contributed by atoms with Crippen LogP contribution in [0.15, 0.2) is 71.8 Å². The number of halogens is 1. The minimum absolute atomic E-state index is 0.263. The number of nitrogens with zero attached hydrogens (tertiary/aromatic N) is 1. The third kappa shape index (κ3) is 7.48. The quantitative estimate of drug-likeness (QED) is 0.186. The van der Waals surface area contributed by atoms with Crippen molar-refractivity contribution in [3.63, 3.8) is 0 Å². The Kier molecular flexibility index (Phi) is 9.09. The highest BCUT2D eigenvalue weighted by molar-refractivity contribution is 6.30. The van der Waals surface area contributed by atoms with Crippen LogP contribution in [0.5, 0.6) is 23.0 Å². The van der Waals surface area contributed by atoms with E-state index in [0.29, 0.717) is 40.0 Å². The second-order valence-electron chi connectivity index (χ2n) is 7.21. The van der Waals surface area contributed by atoms with E-state index in [2.05, 4.69) is 10.5 Å². The number of rotatable bonds is 10. The first kappa shape index (κ1) is 25.6.